The van der Waals surface area contributed by atoms with Gasteiger partial charge in [-0.2, -0.15) is 0 Å². The summed E-state index contributed by atoms with van der Waals surface area (Å²) in [6.45, 7) is 1.93. The second-order valence-electron chi connectivity index (χ2n) is 5.30. The number of aryl methyl sites for hydroxylation is 1. The third-order valence-corrected chi connectivity index (χ3v) is 4.85. The highest BCUT2D eigenvalue weighted by molar-refractivity contribution is 7.18. The zero-order valence-electron chi connectivity index (χ0n) is 13.1. The summed E-state index contributed by atoms with van der Waals surface area (Å²) in [5.74, 6) is -0.0544. The number of aromatic nitrogens is 4. The number of carbonyl (C=O) groups is 1. The highest BCUT2D eigenvalue weighted by Crippen LogP contribution is 2.24. The Morgan fingerprint density at radius 1 is 1.20 bits per heavy atom. The SMILES string of the molecule is Cc1nc2ccccn2c1-c1ccnc(NC(=O)c2ccc(Cl)s2)n1. The number of thiophene rings is 1. The van der Waals surface area contributed by atoms with Gasteiger partial charge >= 0.3 is 0 Å². The molecule has 4 heterocycles. The number of amides is 1. The number of imidazole rings is 1. The Labute approximate surface area is 152 Å². The average Bonchev–Trinajstić information content (AvgIpc) is 3.17. The van der Waals surface area contributed by atoms with Crippen LogP contribution in [0.2, 0.25) is 4.34 Å². The smallest absolute Gasteiger partial charge is 0.268 e. The van der Waals surface area contributed by atoms with E-state index in [1.165, 1.54) is 11.3 Å². The lowest BCUT2D eigenvalue weighted by Gasteiger charge is -2.06. The normalized spacial score (nSPS) is 11.0. The maximum atomic E-state index is 12.2. The Balaban J connectivity index is 1.69. The van der Waals surface area contributed by atoms with E-state index in [1.807, 2.05) is 35.7 Å². The molecule has 8 heteroatoms. The summed E-state index contributed by atoms with van der Waals surface area (Å²) in [7, 11) is 0. The van der Waals surface area contributed by atoms with Crippen molar-refractivity contribution in [3.05, 3.63) is 63.7 Å². The number of hydrogen-bond acceptors (Lipinski definition) is 5. The number of halogens is 1. The first kappa shape index (κ1) is 15.7. The second-order valence-corrected chi connectivity index (χ2v) is 7.01. The van der Waals surface area contributed by atoms with Crippen molar-refractivity contribution in [3.8, 4) is 11.4 Å². The molecule has 6 nitrogen and oxygen atoms in total. The summed E-state index contributed by atoms with van der Waals surface area (Å²) in [6.07, 6.45) is 3.54. The molecular formula is C17H12ClN5OS. The van der Waals surface area contributed by atoms with Gasteiger partial charge in [0.1, 0.15) is 5.65 Å². The van der Waals surface area contributed by atoms with E-state index in [2.05, 4.69) is 20.3 Å². The lowest BCUT2D eigenvalue weighted by atomic mass is 10.2. The van der Waals surface area contributed by atoms with Crippen molar-refractivity contribution in [2.75, 3.05) is 5.32 Å². The molecule has 0 saturated carbocycles. The molecule has 0 unspecified atom stereocenters. The van der Waals surface area contributed by atoms with Crippen LogP contribution in [0.15, 0.2) is 48.8 Å². The van der Waals surface area contributed by atoms with Crippen molar-refractivity contribution < 1.29 is 4.79 Å². The van der Waals surface area contributed by atoms with Crippen molar-refractivity contribution >= 4 is 40.4 Å². The van der Waals surface area contributed by atoms with Crippen LogP contribution in [0.5, 0.6) is 0 Å². The Kier molecular flexibility index (Phi) is 3.95. The summed E-state index contributed by atoms with van der Waals surface area (Å²) in [4.78, 5) is 25.9. The first-order chi connectivity index (χ1) is 12.1. The van der Waals surface area contributed by atoms with Crippen LogP contribution in [0.1, 0.15) is 15.4 Å². The number of anilines is 1. The molecule has 0 bridgehead atoms. The molecule has 4 aromatic rings. The Bertz CT molecular complexity index is 1090. The lowest BCUT2D eigenvalue weighted by molar-refractivity contribution is 0.102. The molecule has 0 fully saturated rings. The summed E-state index contributed by atoms with van der Waals surface area (Å²) >= 11 is 7.08. The van der Waals surface area contributed by atoms with Gasteiger partial charge in [-0.3, -0.25) is 14.5 Å². The van der Waals surface area contributed by atoms with Crippen molar-refractivity contribution in [2.24, 2.45) is 0 Å². The number of pyridine rings is 1. The zero-order valence-corrected chi connectivity index (χ0v) is 14.7. The number of nitrogens with zero attached hydrogens (tertiary/aromatic N) is 4. The Hall–Kier alpha value is -2.77. The van der Waals surface area contributed by atoms with Crippen molar-refractivity contribution in [2.45, 2.75) is 6.92 Å². The standard InChI is InChI=1S/C17H12ClN5OS/c1-10-15(23-9-3-2-4-14(23)20-10)11-7-8-19-17(21-11)22-16(24)12-5-6-13(18)25-12/h2-9H,1H3,(H,19,21,22,24). The minimum atomic E-state index is -0.288. The third kappa shape index (κ3) is 2.99. The van der Waals surface area contributed by atoms with Crippen molar-refractivity contribution in [3.63, 3.8) is 0 Å². The molecule has 4 aromatic heterocycles. The molecule has 1 N–H and O–H groups in total. The van der Waals surface area contributed by atoms with E-state index in [1.54, 1.807) is 24.4 Å². The molecular weight excluding hydrogens is 358 g/mol. The quantitative estimate of drug-likeness (QED) is 0.591. The molecule has 0 saturated heterocycles. The molecule has 124 valence electrons. The summed E-state index contributed by atoms with van der Waals surface area (Å²) in [6, 6.07) is 10.9. The van der Waals surface area contributed by atoms with Crippen LogP contribution >= 0.6 is 22.9 Å². The zero-order chi connectivity index (χ0) is 17.4. The van der Waals surface area contributed by atoms with E-state index >= 15 is 0 Å². The van der Waals surface area contributed by atoms with Gasteiger partial charge in [-0.1, -0.05) is 17.7 Å². The Morgan fingerprint density at radius 2 is 2.08 bits per heavy atom. The maximum absolute atomic E-state index is 12.2. The monoisotopic (exact) mass is 369 g/mol. The van der Waals surface area contributed by atoms with Crippen LogP contribution in [0.25, 0.3) is 17.0 Å². The van der Waals surface area contributed by atoms with E-state index in [9.17, 15) is 4.79 Å². The fourth-order valence-electron chi connectivity index (χ4n) is 2.57. The number of rotatable bonds is 3. The summed E-state index contributed by atoms with van der Waals surface area (Å²) in [5, 5.41) is 2.70. The van der Waals surface area contributed by atoms with E-state index < -0.39 is 0 Å². The molecule has 0 aliphatic carbocycles. The molecule has 4 rings (SSSR count). The van der Waals surface area contributed by atoms with Crippen molar-refractivity contribution in [1.29, 1.82) is 0 Å². The highest BCUT2D eigenvalue weighted by atomic mass is 35.5. The van der Waals surface area contributed by atoms with Gasteiger partial charge in [0, 0.05) is 12.4 Å². The Morgan fingerprint density at radius 3 is 2.88 bits per heavy atom. The van der Waals surface area contributed by atoms with Crippen LogP contribution in [-0.4, -0.2) is 25.3 Å². The minimum absolute atomic E-state index is 0.234. The lowest BCUT2D eigenvalue weighted by Crippen LogP contribution is -2.13. The van der Waals surface area contributed by atoms with Gasteiger partial charge in [0.25, 0.3) is 5.91 Å². The topological polar surface area (TPSA) is 72.2 Å². The molecule has 0 spiro atoms. The summed E-state index contributed by atoms with van der Waals surface area (Å²) < 4.78 is 2.52. The second kappa shape index (κ2) is 6.27. The molecule has 0 atom stereocenters. The van der Waals surface area contributed by atoms with Crippen LogP contribution in [0.4, 0.5) is 5.95 Å². The fourth-order valence-corrected chi connectivity index (χ4v) is 3.51. The van der Waals surface area contributed by atoms with E-state index in [0.29, 0.717) is 14.9 Å². The van der Waals surface area contributed by atoms with Gasteiger partial charge in [0.15, 0.2) is 0 Å². The van der Waals surface area contributed by atoms with Crippen LogP contribution in [-0.2, 0) is 0 Å². The third-order valence-electron chi connectivity index (χ3n) is 3.62. The largest absolute Gasteiger partial charge is 0.298 e. The average molecular weight is 370 g/mol. The van der Waals surface area contributed by atoms with Gasteiger partial charge in [-0.25, -0.2) is 15.0 Å². The van der Waals surface area contributed by atoms with Gasteiger partial charge in [0.05, 0.1) is 26.3 Å². The van der Waals surface area contributed by atoms with Gasteiger partial charge in [0.2, 0.25) is 5.95 Å². The number of carbonyl (C=O) groups excluding carboxylic acids is 1. The molecule has 0 radical (unpaired) electrons. The first-order valence-electron chi connectivity index (χ1n) is 7.45. The van der Waals surface area contributed by atoms with E-state index in [0.717, 1.165) is 17.0 Å². The first-order valence-corrected chi connectivity index (χ1v) is 8.65. The molecule has 1 amide bonds. The summed E-state index contributed by atoms with van der Waals surface area (Å²) in [5.41, 5.74) is 3.25. The van der Waals surface area contributed by atoms with Gasteiger partial charge in [-0.15, -0.1) is 11.3 Å². The predicted molar refractivity (Wildman–Crippen MR) is 98.2 cm³/mol. The highest BCUT2D eigenvalue weighted by Gasteiger charge is 2.14. The van der Waals surface area contributed by atoms with Crippen molar-refractivity contribution in [1.82, 2.24) is 19.4 Å². The molecule has 25 heavy (non-hydrogen) atoms. The minimum Gasteiger partial charge on any atom is -0.298 e. The van der Waals surface area contributed by atoms with Crippen LogP contribution in [0.3, 0.4) is 0 Å². The number of fused-ring (bicyclic) bond motifs is 1. The van der Waals surface area contributed by atoms with Gasteiger partial charge < -0.3 is 0 Å². The van der Waals surface area contributed by atoms with E-state index in [-0.39, 0.29) is 11.9 Å². The number of hydrogen-bond donors (Lipinski definition) is 1. The van der Waals surface area contributed by atoms with Crippen LogP contribution in [0, 0.1) is 6.92 Å². The maximum Gasteiger partial charge on any atom is 0.268 e. The van der Waals surface area contributed by atoms with Gasteiger partial charge in [-0.05, 0) is 37.3 Å². The molecule has 0 aliphatic heterocycles. The number of nitrogens with one attached hydrogen (secondary N) is 1. The molecule has 0 aromatic carbocycles. The van der Waals surface area contributed by atoms with Crippen LogP contribution < -0.4 is 5.32 Å². The molecule has 0 aliphatic rings. The predicted octanol–water partition coefficient (Wildman–Crippen LogP) is 4.07. The fraction of sp³-hybridized carbons (Fsp3) is 0.0588. The van der Waals surface area contributed by atoms with E-state index in [4.69, 9.17) is 11.6 Å².